The van der Waals surface area contributed by atoms with E-state index in [1.54, 1.807) is 25.1 Å². The number of nitrogens with one attached hydrogen (secondary N) is 1. The maximum atomic E-state index is 12.3. The van der Waals surface area contributed by atoms with Crippen LogP contribution in [0.2, 0.25) is 0 Å². The van der Waals surface area contributed by atoms with Gasteiger partial charge in [0.2, 0.25) is 10.0 Å². The number of aliphatic carboxylic acids is 1. The van der Waals surface area contributed by atoms with Crippen LogP contribution in [0.1, 0.15) is 18.4 Å². The Labute approximate surface area is 124 Å². The molecule has 1 aromatic carbocycles. The van der Waals surface area contributed by atoms with Gasteiger partial charge in [0, 0.05) is 19.8 Å². The summed E-state index contributed by atoms with van der Waals surface area (Å²) in [5, 5.41) is 9.41. The highest BCUT2D eigenvalue weighted by Gasteiger charge is 2.41. The van der Waals surface area contributed by atoms with Gasteiger partial charge in [-0.25, -0.2) is 13.1 Å². The summed E-state index contributed by atoms with van der Waals surface area (Å²) >= 11 is 0. The second-order valence-electron chi connectivity index (χ2n) is 5.34. The second-order valence-corrected chi connectivity index (χ2v) is 7.11. The number of benzene rings is 1. The zero-order valence-electron chi connectivity index (χ0n) is 11.8. The lowest BCUT2D eigenvalue weighted by Gasteiger charge is -2.33. The third-order valence-corrected chi connectivity index (χ3v) is 5.20. The molecule has 1 heterocycles. The molecule has 0 saturated carbocycles. The predicted octanol–water partition coefficient (Wildman–Crippen LogP) is 1.15. The molecule has 2 rings (SSSR count). The zero-order valence-corrected chi connectivity index (χ0v) is 12.6. The Morgan fingerprint density at radius 1 is 1.38 bits per heavy atom. The number of hydrogen-bond acceptors (Lipinski definition) is 4. The summed E-state index contributed by atoms with van der Waals surface area (Å²) in [6.07, 6.45) is 0.608. The molecule has 0 aromatic heterocycles. The zero-order chi connectivity index (χ0) is 15.5. The summed E-state index contributed by atoms with van der Waals surface area (Å²) in [4.78, 5) is 11.6. The van der Waals surface area contributed by atoms with Gasteiger partial charge in [0.05, 0.1) is 10.3 Å². The number of rotatable bonds is 5. The van der Waals surface area contributed by atoms with E-state index in [0.717, 1.165) is 5.56 Å². The van der Waals surface area contributed by atoms with Gasteiger partial charge in [0.1, 0.15) is 0 Å². The van der Waals surface area contributed by atoms with Gasteiger partial charge in [-0.2, -0.15) is 0 Å². The van der Waals surface area contributed by atoms with Crippen molar-refractivity contribution in [3.05, 3.63) is 29.8 Å². The Hall–Kier alpha value is -1.44. The Balaban J connectivity index is 2.15. The smallest absolute Gasteiger partial charge is 0.311 e. The van der Waals surface area contributed by atoms with Crippen LogP contribution in [-0.2, 0) is 19.6 Å². The molecule has 0 bridgehead atoms. The molecule has 116 valence electrons. The topological polar surface area (TPSA) is 92.7 Å². The highest BCUT2D eigenvalue weighted by Crippen LogP contribution is 2.30. The van der Waals surface area contributed by atoms with E-state index in [4.69, 9.17) is 4.74 Å². The molecule has 1 aromatic rings. The second kappa shape index (κ2) is 6.13. The molecule has 6 nitrogen and oxygen atoms in total. The summed E-state index contributed by atoms with van der Waals surface area (Å²) in [7, 11) is -3.71. The first-order valence-electron chi connectivity index (χ1n) is 6.73. The van der Waals surface area contributed by atoms with Gasteiger partial charge in [-0.1, -0.05) is 12.1 Å². The van der Waals surface area contributed by atoms with Crippen LogP contribution in [0.3, 0.4) is 0 Å². The molecule has 0 atom stereocenters. The molecule has 1 aliphatic rings. The van der Waals surface area contributed by atoms with E-state index < -0.39 is 21.4 Å². The summed E-state index contributed by atoms with van der Waals surface area (Å²) in [5.41, 5.74) is -0.258. The number of aryl methyl sites for hydroxylation is 1. The van der Waals surface area contributed by atoms with E-state index in [1.165, 1.54) is 6.07 Å². The van der Waals surface area contributed by atoms with Gasteiger partial charge in [0.25, 0.3) is 0 Å². The standard InChI is InChI=1S/C14H19NO5S/c1-11-3-2-4-12(9-11)21(18,19)15-10-14(13(16)17)5-7-20-8-6-14/h2-4,9,15H,5-8,10H2,1H3,(H,16,17). The van der Waals surface area contributed by atoms with Crippen LogP contribution >= 0.6 is 0 Å². The largest absolute Gasteiger partial charge is 0.481 e. The molecule has 1 fully saturated rings. The molecule has 7 heteroatoms. The molecular weight excluding hydrogens is 294 g/mol. The maximum Gasteiger partial charge on any atom is 0.311 e. The number of hydrogen-bond donors (Lipinski definition) is 2. The predicted molar refractivity (Wildman–Crippen MR) is 76.5 cm³/mol. The van der Waals surface area contributed by atoms with E-state index in [2.05, 4.69) is 4.72 Å². The number of sulfonamides is 1. The van der Waals surface area contributed by atoms with Crippen molar-refractivity contribution in [2.24, 2.45) is 5.41 Å². The van der Waals surface area contributed by atoms with Crippen molar-refractivity contribution in [1.29, 1.82) is 0 Å². The average molecular weight is 313 g/mol. The van der Waals surface area contributed by atoms with E-state index >= 15 is 0 Å². The molecule has 0 unspecified atom stereocenters. The van der Waals surface area contributed by atoms with Crippen LogP contribution in [0.5, 0.6) is 0 Å². The maximum absolute atomic E-state index is 12.3. The normalized spacial score (nSPS) is 18.3. The van der Waals surface area contributed by atoms with Crippen LogP contribution in [0.4, 0.5) is 0 Å². The van der Waals surface area contributed by atoms with Gasteiger partial charge < -0.3 is 9.84 Å². The first kappa shape index (κ1) is 15.9. The summed E-state index contributed by atoms with van der Waals surface area (Å²) in [5.74, 6) is -0.988. The van der Waals surface area contributed by atoms with Crippen LogP contribution in [0.15, 0.2) is 29.2 Å². The highest BCUT2D eigenvalue weighted by molar-refractivity contribution is 7.89. The minimum atomic E-state index is -3.71. The molecule has 0 radical (unpaired) electrons. The van der Waals surface area contributed by atoms with E-state index in [-0.39, 0.29) is 11.4 Å². The Kier molecular flexibility index (Phi) is 4.65. The Morgan fingerprint density at radius 2 is 2.05 bits per heavy atom. The fourth-order valence-electron chi connectivity index (χ4n) is 2.33. The van der Waals surface area contributed by atoms with Crippen molar-refractivity contribution in [1.82, 2.24) is 4.72 Å². The van der Waals surface area contributed by atoms with Gasteiger partial charge in [-0.15, -0.1) is 0 Å². The van der Waals surface area contributed by atoms with Crippen LogP contribution < -0.4 is 4.72 Å². The van der Waals surface area contributed by atoms with Crippen LogP contribution in [0, 0.1) is 12.3 Å². The van der Waals surface area contributed by atoms with Gasteiger partial charge in [-0.3, -0.25) is 4.79 Å². The van der Waals surface area contributed by atoms with E-state index in [9.17, 15) is 18.3 Å². The lowest BCUT2D eigenvalue weighted by Crippen LogP contribution is -2.46. The van der Waals surface area contributed by atoms with E-state index in [0.29, 0.717) is 26.1 Å². The number of ether oxygens (including phenoxy) is 1. The lowest BCUT2D eigenvalue weighted by molar-refractivity contribution is -0.154. The van der Waals surface area contributed by atoms with Gasteiger partial charge >= 0.3 is 5.97 Å². The van der Waals surface area contributed by atoms with Crippen LogP contribution in [-0.4, -0.2) is 39.3 Å². The van der Waals surface area contributed by atoms with Crippen molar-refractivity contribution in [3.63, 3.8) is 0 Å². The molecule has 0 aliphatic carbocycles. The Morgan fingerprint density at radius 3 is 2.62 bits per heavy atom. The molecule has 21 heavy (non-hydrogen) atoms. The Bertz CT molecular complexity index is 620. The molecule has 2 N–H and O–H groups in total. The molecule has 1 saturated heterocycles. The van der Waals surface area contributed by atoms with Crippen molar-refractivity contribution in [2.45, 2.75) is 24.7 Å². The SMILES string of the molecule is Cc1cccc(S(=O)(=O)NCC2(C(=O)O)CCOCC2)c1. The minimum absolute atomic E-state index is 0.123. The van der Waals surface area contributed by atoms with E-state index in [1.807, 2.05) is 0 Å². The average Bonchev–Trinajstić information content (AvgIpc) is 2.46. The number of carboxylic acids is 1. The fraction of sp³-hybridized carbons (Fsp3) is 0.500. The molecular formula is C14H19NO5S. The highest BCUT2D eigenvalue weighted by atomic mass is 32.2. The third-order valence-electron chi connectivity index (χ3n) is 3.80. The number of carbonyl (C=O) groups is 1. The summed E-state index contributed by atoms with van der Waals surface area (Å²) < 4.78 is 32.1. The quantitative estimate of drug-likeness (QED) is 0.851. The van der Waals surface area contributed by atoms with Crippen LogP contribution in [0.25, 0.3) is 0 Å². The summed E-state index contributed by atoms with van der Waals surface area (Å²) in [6.45, 7) is 2.34. The van der Waals surface area contributed by atoms with Crippen molar-refractivity contribution >= 4 is 16.0 Å². The van der Waals surface area contributed by atoms with Gasteiger partial charge in [0.15, 0.2) is 0 Å². The minimum Gasteiger partial charge on any atom is -0.481 e. The number of carboxylic acid groups (broad SMARTS) is 1. The van der Waals surface area contributed by atoms with Crippen molar-refractivity contribution in [3.8, 4) is 0 Å². The monoisotopic (exact) mass is 313 g/mol. The summed E-state index contributed by atoms with van der Waals surface area (Å²) in [6, 6.07) is 6.51. The third kappa shape index (κ3) is 3.61. The molecule has 1 aliphatic heterocycles. The van der Waals surface area contributed by atoms with Gasteiger partial charge in [-0.05, 0) is 37.5 Å². The fourth-order valence-corrected chi connectivity index (χ4v) is 3.56. The first-order valence-corrected chi connectivity index (χ1v) is 8.22. The van der Waals surface area contributed by atoms with Crippen molar-refractivity contribution in [2.75, 3.05) is 19.8 Å². The lowest BCUT2D eigenvalue weighted by atomic mass is 9.80. The molecule has 0 spiro atoms. The van der Waals surface area contributed by atoms with Crippen molar-refractivity contribution < 1.29 is 23.1 Å². The first-order chi connectivity index (χ1) is 9.86. The molecule has 0 amide bonds.